The summed E-state index contributed by atoms with van der Waals surface area (Å²) in [6, 6.07) is 13.1. The third-order valence-corrected chi connectivity index (χ3v) is 4.36. The van der Waals surface area contributed by atoms with Crippen LogP contribution in [0.15, 0.2) is 54.6 Å². The summed E-state index contributed by atoms with van der Waals surface area (Å²) in [5.41, 5.74) is 5.31. The molecule has 164 valence electrons. The van der Waals surface area contributed by atoms with Crippen LogP contribution in [0.25, 0.3) is 16.9 Å². The van der Waals surface area contributed by atoms with Crippen LogP contribution in [0.1, 0.15) is 12.6 Å². The average Bonchev–Trinajstić information content (AvgIpc) is 3.18. The van der Waals surface area contributed by atoms with E-state index in [0.29, 0.717) is 22.7 Å². The zero-order chi connectivity index (χ0) is 22.6. The number of carbonyl (C=O) groups excluding carboxylic acids is 1. The Kier molecular flexibility index (Phi) is 6.38. The van der Waals surface area contributed by atoms with Gasteiger partial charge in [0, 0.05) is 5.56 Å². The van der Waals surface area contributed by atoms with Crippen molar-refractivity contribution >= 4 is 6.03 Å². The van der Waals surface area contributed by atoms with E-state index in [2.05, 4.69) is 10.4 Å². The molecule has 2 amide bonds. The maximum atomic E-state index is 13.3. The van der Waals surface area contributed by atoms with Gasteiger partial charge in [-0.25, -0.2) is 9.48 Å². The Morgan fingerprint density at radius 2 is 1.74 bits per heavy atom. The lowest BCUT2D eigenvalue weighted by molar-refractivity contribution is -0.141. The molecular weight excluding hydrogens is 413 g/mol. The van der Waals surface area contributed by atoms with Gasteiger partial charge in [-0.3, -0.25) is 0 Å². The number of carbonyl (C=O) groups is 1. The van der Waals surface area contributed by atoms with Gasteiger partial charge in [-0.05, 0) is 61.5 Å². The first-order valence-electron chi connectivity index (χ1n) is 9.28. The molecule has 0 saturated heterocycles. The molecule has 3 N–H and O–H groups in total. The zero-order valence-electron chi connectivity index (χ0n) is 16.8. The summed E-state index contributed by atoms with van der Waals surface area (Å²) >= 11 is 0. The van der Waals surface area contributed by atoms with Crippen molar-refractivity contribution < 1.29 is 27.4 Å². The minimum Gasteiger partial charge on any atom is -0.497 e. The highest BCUT2D eigenvalue weighted by Crippen LogP contribution is 2.34. The van der Waals surface area contributed by atoms with Gasteiger partial charge >= 0.3 is 12.2 Å². The fraction of sp³-hybridized carbons (Fsp3) is 0.238. The Morgan fingerprint density at radius 1 is 1.13 bits per heavy atom. The molecule has 3 rings (SSSR count). The van der Waals surface area contributed by atoms with Crippen LogP contribution in [0.5, 0.6) is 11.5 Å². The van der Waals surface area contributed by atoms with Crippen LogP contribution in [-0.4, -0.2) is 35.6 Å². The topological polar surface area (TPSA) is 91.4 Å². The Morgan fingerprint density at radius 3 is 2.29 bits per heavy atom. The number of ether oxygens (including phenoxy) is 2. The number of primary amides is 1. The maximum absolute atomic E-state index is 13.3. The van der Waals surface area contributed by atoms with Crippen molar-refractivity contribution in [3.63, 3.8) is 0 Å². The van der Waals surface area contributed by atoms with E-state index >= 15 is 0 Å². The Bertz CT molecular complexity index is 1030. The number of halogens is 3. The third kappa shape index (κ3) is 5.47. The van der Waals surface area contributed by atoms with E-state index < -0.39 is 17.9 Å². The molecule has 0 aliphatic carbocycles. The molecule has 0 bridgehead atoms. The number of methoxy groups -OCH3 is 1. The van der Waals surface area contributed by atoms with E-state index in [4.69, 9.17) is 15.2 Å². The summed E-state index contributed by atoms with van der Waals surface area (Å²) < 4.78 is 51.8. The van der Waals surface area contributed by atoms with E-state index in [1.54, 1.807) is 55.5 Å². The number of alkyl halides is 3. The second-order valence-corrected chi connectivity index (χ2v) is 6.77. The lowest BCUT2D eigenvalue weighted by Crippen LogP contribution is -2.40. The summed E-state index contributed by atoms with van der Waals surface area (Å²) in [5, 5.41) is 6.25. The lowest BCUT2D eigenvalue weighted by atomic mass is 10.1. The van der Waals surface area contributed by atoms with Crippen LogP contribution in [0.3, 0.4) is 0 Å². The number of urea groups is 1. The first-order valence-corrected chi connectivity index (χ1v) is 9.28. The molecule has 0 aliphatic rings. The monoisotopic (exact) mass is 434 g/mol. The number of hydrogen-bond donors (Lipinski definition) is 2. The van der Waals surface area contributed by atoms with Crippen molar-refractivity contribution in [2.45, 2.75) is 19.1 Å². The first kappa shape index (κ1) is 22.0. The van der Waals surface area contributed by atoms with Crippen LogP contribution in [0.4, 0.5) is 18.0 Å². The molecule has 0 radical (unpaired) electrons. The van der Waals surface area contributed by atoms with E-state index in [9.17, 15) is 18.0 Å². The number of hydrogen-bond acceptors (Lipinski definition) is 4. The maximum Gasteiger partial charge on any atom is 0.435 e. The molecule has 0 fully saturated rings. The van der Waals surface area contributed by atoms with Crippen LogP contribution in [0.2, 0.25) is 0 Å². The molecular formula is C21H21F3N4O3. The van der Waals surface area contributed by atoms with Crippen LogP contribution in [0, 0.1) is 0 Å². The van der Waals surface area contributed by atoms with Crippen LogP contribution in [-0.2, 0) is 6.18 Å². The van der Waals surface area contributed by atoms with Crippen LogP contribution >= 0.6 is 0 Å². The molecule has 1 aromatic heterocycles. The smallest absolute Gasteiger partial charge is 0.435 e. The number of benzene rings is 2. The summed E-state index contributed by atoms with van der Waals surface area (Å²) in [4.78, 5) is 10.8. The third-order valence-electron chi connectivity index (χ3n) is 4.36. The van der Waals surface area contributed by atoms with Gasteiger partial charge in [0.25, 0.3) is 0 Å². The molecule has 3 aromatic rings. The Hall–Kier alpha value is -3.69. The summed E-state index contributed by atoms with van der Waals surface area (Å²) in [6.07, 6.45) is -4.58. The summed E-state index contributed by atoms with van der Waals surface area (Å²) in [7, 11) is 1.50. The van der Waals surface area contributed by atoms with Crippen molar-refractivity contribution in [2.75, 3.05) is 13.7 Å². The second kappa shape index (κ2) is 8.99. The number of amides is 2. The van der Waals surface area contributed by atoms with Gasteiger partial charge in [0.15, 0.2) is 5.69 Å². The summed E-state index contributed by atoms with van der Waals surface area (Å²) in [5.74, 6) is 1.07. The van der Waals surface area contributed by atoms with Gasteiger partial charge in [0.05, 0.1) is 24.5 Å². The highest BCUT2D eigenvalue weighted by Gasteiger charge is 2.35. The normalized spacial score (nSPS) is 12.3. The Balaban J connectivity index is 1.88. The van der Waals surface area contributed by atoms with Gasteiger partial charge < -0.3 is 20.5 Å². The zero-order valence-corrected chi connectivity index (χ0v) is 16.8. The predicted octanol–water partition coefficient (Wildman–Crippen LogP) is 4.00. The SMILES string of the molecule is COc1ccc(-n2nc(C(F)(F)F)cc2-c2ccc(OCC(C)NC(N)=O)cc2)cc1. The molecule has 7 nitrogen and oxygen atoms in total. The fourth-order valence-corrected chi connectivity index (χ4v) is 2.87. The molecule has 31 heavy (non-hydrogen) atoms. The van der Waals surface area contributed by atoms with E-state index in [0.717, 1.165) is 6.07 Å². The Labute approximate surface area is 176 Å². The van der Waals surface area contributed by atoms with Crippen molar-refractivity contribution in [3.8, 4) is 28.4 Å². The van der Waals surface area contributed by atoms with Gasteiger partial charge in [0.1, 0.15) is 18.1 Å². The molecule has 2 aromatic carbocycles. The largest absolute Gasteiger partial charge is 0.497 e. The predicted molar refractivity (Wildman–Crippen MR) is 108 cm³/mol. The highest BCUT2D eigenvalue weighted by atomic mass is 19.4. The average molecular weight is 434 g/mol. The minimum atomic E-state index is -4.58. The molecule has 0 saturated carbocycles. The van der Waals surface area contributed by atoms with Crippen LogP contribution < -0.4 is 20.5 Å². The number of aromatic nitrogens is 2. The molecule has 0 spiro atoms. The van der Waals surface area contributed by atoms with Gasteiger partial charge in [-0.1, -0.05) is 0 Å². The number of nitrogens with two attached hydrogens (primary N) is 1. The van der Waals surface area contributed by atoms with Gasteiger partial charge in [-0.15, -0.1) is 0 Å². The lowest BCUT2D eigenvalue weighted by Gasteiger charge is -2.14. The van der Waals surface area contributed by atoms with Crippen molar-refractivity contribution in [3.05, 3.63) is 60.3 Å². The van der Waals surface area contributed by atoms with Crippen molar-refractivity contribution in [2.24, 2.45) is 5.73 Å². The quantitative estimate of drug-likeness (QED) is 0.588. The molecule has 0 aliphatic heterocycles. The molecule has 1 heterocycles. The number of nitrogens with zero attached hydrogens (tertiary/aromatic N) is 2. The highest BCUT2D eigenvalue weighted by molar-refractivity contribution is 5.71. The first-order chi connectivity index (χ1) is 14.7. The van der Waals surface area contributed by atoms with E-state index in [1.807, 2.05) is 0 Å². The standard InChI is InChI=1S/C21H21F3N4O3/c1-13(26-20(25)29)12-31-17-7-3-14(4-8-17)18-11-19(21(22,23)24)27-28(18)15-5-9-16(30-2)10-6-15/h3-11,13H,12H2,1-2H3,(H3,25,26,29). The number of nitrogens with one attached hydrogen (secondary N) is 1. The van der Waals surface area contributed by atoms with Gasteiger partial charge in [-0.2, -0.15) is 18.3 Å². The molecule has 10 heteroatoms. The summed E-state index contributed by atoms with van der Waals surface area (Å²) in [6.45, 7) is 1.91. The number of rotatable bonds is 7. The minimum absolute atomic E-state index is 0.185. The molecule has 1 atom stereocenters. The van der Waals surface area contributed by atoms with Crippen molar-refractivity contribution in [1.29, 1.82) is 0 Å². The van der Waals surface area contributed by atoms with E-state index in [1.165, 1.54) is 11.8 Å². The second-order valence-electron chi connectivity index (χ2n) is 6.77. The fourth-order valence-electron chi connectivity index (χ4n) is 2.87. The van der Waals surface area contributed by atoms with Gasteiger partial charge in [0.2, 0.25) is 0 Å². The van der Waals surface area contributed by atoms with Crippen molar-refractivity contribution in [1.82, 2.24) is 15.1 Å². The molecule has 1 unspecified atom stereocenters. The van der Waals surface area contributed by atoms with E-state index in [-0.39, 0.29) is 18.3 Å².